The average Bonchev–Trinajstić information content (AvgIpc) is 3.21. The number of carbonyl (C=O) groups is 1. The smallest absolute Gasteiger partial charge is 0.250 e. The van der Waals surface area contributed by atoms with Gasteiger partial charge in [-0.15, -0.1) is 10.2 Å². The minimum atomic E-state index is -0.248. The van der Waals surface area contributed by atoms with Crippen molar-refractivity contribution in [3.8, 4) is 11.4 Å². The molecule has 0 saturated carbocycles. The van der Waals surface area contributed by atoms with Crippen molar-refractivity contribution in [3.05, 3.63) is 70.8 Å². The Balaban J connectivity index is 1.58. The van der Waals surface area contributed by atoms with E-state index in [0.29, 0.717) is 16.7 Å². The molecule has 2 aromatic carbocycles. The van der Waals surface area contributed by atoms with Crippen molar-refractivity contribution in [2.45, 2.75) is 44.8 Å². The van der Waals surface area contributed by atoms with Gasteiger partial charge in [0.05, 0.1) is 17.0 Å². The minimum absolute atomic E-state index is 0.0926. The average molecular weight is 482 g/mol. The van der Waals surface area contributed by atoms with Crippen LogP contribution in [-0.4, -0.2) is 32.6 Å². The number of halogens is 1. The fourth-order valence-corrected chi connectivity index (χ4v) is 4.06. The van der Waals surface area contributed by atoms with Gasteiger partial charge in [-0.3, -0.25) is 4.79 Å². The zero-order chi connectivity index (χ0) is 23.8. The SMILES string of the molecule is CCn1c(SCC(=O)NN=CC(Cl)=Cc2ccccc2)nnc1-c1ccc(C(C)(C)C)cc1. The second-order valence-corrected chi connectivity index (χ2v) is 9.78. The van der Waals surface area contributed by atoms with Gasteiger partial charge in [-0.25, -0.2) is 5.43 Å². The van der Waals surface area contributed by atoms with Crippen molar-refractivity contribution in [2.24, 2.45) is 5.10 Å². The summed E-state index contributed by atoms with van der Waals surface area (Å²) >= 11 is 7.46. The number of hydrazone groups is 1. The van der Waals surface area contributed by atoms with Crippen LogP contribution in [0.15, 0.2) is 69.9 Å². The second kappa shape index (κ2) is 11.3. The van der Waals surface area contributed by atoms with E-state index in [-0.39, 0.29) is 17.1 Å². The van der Waals surface area contributed by atoms with Crippen molar-refractivity contribution < 1.29 is 4.79 Å². The molecule has 0 radical (unpaired) electrons. The molecule has 0 aliphatic rings. The summed E-state index contributed by atoms with van der Waals surface area (Å²) in [5, 5.41) is 13.7. The molecule has 0 aliphatic heterocycles. The zero-order valence-corrected chi connectivity index (χ0v) is 20.8. The van der Waals surface area contributed by atoms with Crippen molar-refractivity contribution in [2.75, 3.05) is 5.75 Å². The maximum Gasteiger partial charge on any atom is 0.250 e. The number of benzene rings is 2. The lowest BCUT2D eigenvalue weighted by molar-refractivity contribution is -0.118. The number of amides is 1. The molecule has 8 heteroatoms. The van der Waals surface area contributed by atoms with E-state index in [1.54, 1.807) is 6.08 Å². The molecule has 0 fully saturated rings. The summed E-state index contributed by atoms with van der Waals surface area (Å²) in [7, 11) is 0. The lowest BCUT2D eigenvalue weighted by Gasteiger charge is -2.19. The second-order valence-electron chi connectivity index (χ2n) is 8.40. The van der Waals surface area contributed by atoms with Crippen LogP contribution in [0.2, 0.25) is 0 Å². The highest BCUT2D eigenvalue weighted by molar-refractivity contribution is 7.99. The van der Waals surface area contributed by atoms with Gasteiger partial charge in [0.15, 0.2) is 11.0 Å². The van der Waals surface area contributed by atoms with Gasteiger partial charge in [-0.2, -0.15) is 5.10 Å². The van der Waals surface area contributed by atoms with Crippen molar-refractivity contribution in [1.82, 2.24) is 20.2 Å². The normalized spacial score (nSPS) is 12.3. The summed E-state index contributed by atoms with van der Waals surface area (Å²) < 4.78 is 2.01. The molecule has 3 rings (SSSR count). The maximum atomic E-state index is 12.2. The third-order valence-corrected chi connectivity index (χ3v) is 6.03. The van der Waals surface area contributed by atoms with Crippen LogP contribution >= 0.6 is 23.4 Å². The summed E-state index contributed by atoms with van der Waals surface area (Å²) in [5.41, 5.74) is 5.80. The van der Waals surface area contributed by atoms with Gasteiger partial charge in [-0.1, -0.05) is 98.7 Å². The van der Waals surface area contributed by atoms with Gasteiger partial charge >= 0.3 is 0 Å². The van der Waals surface area contributed by atoms with Gasteiger partial charge in [0.25, 0.3) is 5.91 Å². The Labute approximate surface area is 204 Å². The number of aromatic nitrogens is 3. The number of hydrogen-bond donors (Lipinski definition) is 1. The van der Waals surface area contributed by atoms with Crippen molar-refractivity contribution in [1.29, 1.82) is 0 Å². The number of carbonyl (C=O) groups excluding carboxylic acids is 1. The Morgan fingerprint density at radius 1 is 1.12 bits per heavy atom. The molecule has 6 nitrogen and oxygen atoms in total. The summed E-state index contributed by atoms with van der Waals surface area (Å²) in [6.45, 7) is 9.30. The van der Waals surface area contributed by atoms with Gasteiger partial charge in [-0.05, 0) is 29.5 Å². The molecular formula is C25H28ClN5OS. The fourth-order valence-electron chi connectivity index (χ4n) is 3.09. The monoisotopic (exact) mass is 481 g/mol. The van der Waals surface area contributed by atoms with E-state index in [1.807, 2.05) is 41.8 Å². The summed E-state index contributed by atoms with van der Waals surface area (Å²) in [6, 6.07) is 18.0. The van der Waals surface area contributed by atoms with E-state index in [4.69, 9.17) is 11.6 Å². The molecule has 0 bridgehead atoms. The van der Waals surface area contributed by atoms with Crippen molar-refractivity contribution in [3.63, 3.8) is 0 Å². The van der Waals surface area contributed by atoms with E-state index >= 15 is 0 Å². The predicted octanol–water partition coefficient (Wildman–Crippen LogP) is 5.74. The minimum Gasteiger partial charge on any atom is -0.302 e. The maximum absolute atomic E-state index is 12.2. The zero-order valence-electron chi connectivity index (χ0n) is 19.2. The molecule has 3 aromatic rings. The van der Waals surface area contributed by atoms with Crippen LogP contribution in [0.1, 0.15) is 38.8 Å². The first kappa shape index (κ1) is 24.7. The van der Waals surface area contributed by atoms with Gasteiger partial charge in [0.2, 0.25) is 0 Å². The molecule has 0 saturated heterocycles. The molecule has 172 valence electrons. The molecule has 0 unspecified atom stereocenters. The number of hydrogen-bond acceptors (Lipinski definition) is 5. The Hall–Kier alpha value is -2.90. The third-order valence-electron chi connectivity index (χ3n) is 4.86. The molecule has 1 N–H and O–H groups in total. The van der Waals surface area contributed by atoms with Crippen LogP contribution in [0.4, 0.5) is 0 Å². The number of rotatable bonds is 8. The van der Waals surface area contributed by atoms with Crippen LogP contribution in [0.25, 0.3) is 17.5 Å². The largest absolute Gasteiger partial charge is 0.302 e. The molecule has 1 aromatic heterocycles. The molecule has 1 heterocycles. The van der Waals surface area contributed by atoms with E-state index in [2.05, 4.69) is 65.8 Å². The summed E-state index contributed by atoms with van der Waals surface area (Å²) in [4.78, 5) is 12.2. The highest BCUT2D eigenvalue weighted by atomic mass is 35.5. The Morgan fingerprint density at radius 2 is 1.82 bits per heavy atom. The van der Waals surface area contributed by atoms with Gasteiger partial charge in [0.1, 0.15) is 0 Å². The highest BCUT2D eigenvalue weighted by Crippen LogP contribution is 2.27. The van der Waals surface area contributed by atoms with E-state index in [0.717, 1.165) is 17.0 Å². The highest BCUT2D eigenvalue weighted by Gasteiger charge is 2.17. The first-order valence-corrected chi connectivity index (χ1v) is 12.1. The number of nitrogens with one attached hydrogen (secondary N) is 1. The molecule has 0 atom stereocenters. The first-order valence-electron chi connectivity index (χ1n) is 10.7. The van der Waals surface area contributed by atoms with Crippen LogP contribution in [0.3, 0.4) is 0 Å². The lowest BCUT2D eigenvalue weighted by Crippen LogP contribution is -2.19. The van der Waals surface area contributed by atoms with Crippen LogP contribution in [0, 0.1) is 0 Å². The molecular weight excluding hydrogens is 454 g/mol. The van der Waals surface area contributed by atoms with Crippen LogP contribution in [0.5, 0.6) is 0 Å². The van der Waals surface area contributed by atoms with E-state index < -0.39 is 0 Å². The molecule has 0 aliphatic carbocycles. The molecule has 0 spiro atoms. The quantitative estimate of drug-likeness (QED) is 0.253. The predicted molar refractivity (Wildman–Crippen MR) is 137 cm³/mol. The first-order chi connectivity index (χ1) is 15.8. The van der Waals surface area contributed by atoms with Gasteiger partial charge < -0.3 is 4.57 Å². The Bertz CT molecular complexity index is 1130. The number of nitrogens with zero attached hydrogens (tertiary/aromatic N) is 4. The number of thioether (sulfide) groups is 1. The lowest BCUT2D eigenvalue weighted by atomic mass is 9.87. The number of allylic oxidation sites excluding steroid dienone is 1. The topological polar surface area (TPSA) is 72.2 Å². The van der Waals surface area contributed by atoms with Crippen LogP contribution in [-0.2, 0) is 16.8 Å². The molecule has 33 heavy (non-hydrogen) atoms. The van der Waals surface area contributed by atoms with Crippen molar-refractivity contribution >= 4 is 41.6 Å². The summed E-state index contributed by atoms with van der Waals surface area (Å²) in [5.74, 6) is 0.706. The Morgan fingerprint density at radius 3 is 2.45 bits per heavy atom. The van der Waals surface area contributed by atoms with Gasteiger partial charge in [0, 0.05) is 12.1 Å². The van der Waals surface area contributed by atoms with E-state index in [1.165, 1.54) is 23.5 Å². The Kier molecular flexibility index (Phi) is 8.47. The van der Waals surface area contributed by atoms with Crippen LogP contribution < -0.4 is 5.43 Å². The molecule has 1 amide bonds. The third kappa shape index (κ3) is 7.04. The standard InChI is InChI=1S/C25H28ClN5OS/c1-5-31-23(19-11-13-20(14-12-19)25(2,3)4)29-30-24(31)33-17-22(32)28-27-16-21(26)15-18-9-7-6-8-10-18/h6-16H,5,17H2,1-4H3,(H,28,32). The van der Waals surface area contributed by atoms with E-state index in [9.17, 15) is 4.79 Å². The fraction of sp³-hybridized carbons (Fsp3) is 0.280. The summed E-state index contributed by atoms with van der Waals surface area (Å²) in [6.07, 6.45) is 3.18.